The number of aromatic nitrogens is 1. The van der Waals surface area contributed by atoms with Crippen LogP contribution in [0.2, 0.25) is 0 Å². The zero-order chi connectivity index (χ0) is 21.0. The lowest BCUT2D eigenvalue weighted by molar-refractivity contribution is -0.137. The number of hydrogen-bond acceptors (Lipinski definition) is 5. The van der Waals surface area contributed by atoms with Crippen molar-refractivity contribution in [1.29, 1.82) is 0 Å². The van der Waals surface area contributed by atoms with Crippen molar-refractivity contribution in [3.05, 3.63) is 70.4 Å². The van der Waals surface area contributed by atoms with E-state index in [1.165, 1.54) is 0 Å². The van der Waals surface area contributed by atoms with Gasteiger partial charge < -0.3 is 5.32 Å². The molecule has 1 N–H and O–H groups in total. The van der Waals surface area contributed by atoms with Gasteiger partial charge in [0.25, 0.3) is 17.1 Å². The molecular formula is C19H14F3N3O3S. The van der Waals surface area contributed by atoms with Gasteiger partial charge in [-0.3, -0.25) is 24.3 Å². The smallest absolute Gasteiger partial charge is 0.350 e. The fraction of sp³-hybridized carbons (Fsp3) is 0.158. The van der Waals surface area contributed by atoms with Gasteiger partial charge in [-0.2, -0.15) is 13.2 Å². The van der Waals surface area contributed by atoms with Crippen LogP contribution in [0.1, 0.15) is 21.5 Å². The van der Waals surface area contributed by atoms with Crippen LogP contribution in [0.25, 0.3) is 6.08 Å². The molecule has 2 heterocycles. The number of carbonyl (C=O) groups is 3. The van der Waals surface area contributed by atoms with Crippen LogP contribution in [0.15, 0.2) is 53.7 Å². The number of halogens is 3. The van der Waals surface area contributed by atoms with E-state index in [0.717, 1.165) is 40.9 Å². The van der Waals surface area contributed by atoms with Gasteiger partial charge in [0.15, 0.2) is 0 Å². The SMILES string of the molecule is O=C(NCCN1C(=O)S/C(=C\c2cccnc2)C1=O)c1ccc(C(F)(F)F)cc1. The summed E-state index contributed by atoms with van der Waals surface area (Å²) in [4.78, 5) is 41.7. The number of imide groups is 1. The normalized spacial score (nSPS) is 15.8. The van der Waals surface area contributed by atoms with Crippen molar-refractivity contribution in [2.24, 2.45) is 0 Å². The predicted octanol–water partition coefficient (Wildman–Crippen LogP) is 3.57. The second-order valence-electron chi connectivity index (χ2n) is 5.95. The number of carbonyl (C=O) groups excluding carboxylic acids is 3. The van der Waals surface area contributed by atoms with Gasteiger partial charge in [-0.1, -0.05) is 6.07 Å². The molecule has 1 fully saturated rings. The molecule has 1 aromatic heterocycles. The van der Waals surface area contributed by atoms with Gasteiger partial charge in [0.2, 0.25) is 0 Å². The molecule has 0 spiro atoms. The van der Waals surface area contributed by atoms with Crippen LogP contribution in [-0.4, -0.2) is 40.0 Å². The lowest BCUT2D eigenvalue weighted by Crippen LogP contribution is -2.37. The number of alkyl halides is 3. The Morgan fingerprint density at radius 3 is 2.52 bits per heavy atom. The van der Waals surface area contributed by atoms with Crippen molar-refractivity contribution in [3.63, 3.8) is 0 Å². The van der Waals surface area contributed by atoms with E-state index in [0.29, 0.717) is 5.56 Å². The molecule has 0 bridgehead atoms. The summed E-state index contributed by atoms with van der Waals surface area (Å²) in [5.41, 5.74) is -0.135. The van der Waals surface area contributed by atoms with E-state index in [1.54, 1.807) is 30.6 Å². The molecule has 29 heavy (non-hydrogen) atoms. The van der Waals surface area contributed by atoms with E-state index in [-0.39, 0.29) is 23.6 Å². The molecule has 0 atom stereocenters. The second-order valence-corrected chi connectivity index (χ2v) is 6.94. The molecular weight excluding hydrogens is 407 g/mol. The van der Waals surface area contributed by atoms with Crippen LogP contribution in [0.3, 0.4) is 0 Å². The van der Waals surface area contributed by atoms with Crippen molar-refractivity contribution in [2.75, 3.05) is 13.1 Å². The minimum atomic E-state index is -4.48. The Morgan fingerprint density at radius 1 is 1.17 bits per heavy atom. The zero-order valence-corrected chi connectivity index (χ0v) is 15.6. The highest BCUT2D eigenvalue weighted by molar-refractivity contribution is 8.18. The summed E-state index contributed by atoms with van der Waals surface area (Å²) >= 11 is 0.787. The van der Waals surface area contributed by atoms with E-state index in [9.17, 15) is 27.6 Å². The fourth-order valence-electron chi connectivity index (χ4n) is 2.50. The van der Waals surface area contributed by atoms with Crippen LogP contribution >= 0.6 is 11.8 Å². The average Bonchev–Trinajstić information content (AvgIpc) is 2.95. The number of rotatable bonds is 5. The zero-order valence-electron chi connectivity index (χ0n) is 14.8. The predicted molar refractivity (Wildman–Crippen MR) is 101 cm³/mol. The largest absolute Gasteiger partial charge is 0.416 e. The number of thioether (sulfide) groups is 1. The molecule has 1 aromatic carbocycles. The molecule has 0 saturated carbocycles. The Balaban J connectivity index is 1.56. The van der Waals surface area contributed by atoms with Gasteiger partial charge in [-0.25, -0.2) is 0 Å². The summed E-state index contributed by atoms with van der Waals surface area (Å²) < 4.78 is 37.7. The Morgan fingerprint density at radius 2 is 1.90 bits per heavy atom. The lowest BCUT2D eigenvalue weighted by Gasteiger charge is -2.13. The molecule has 150 valence electrons. The number of hydrogen-bond donors (Lipinski definition) is 1. The highest BCUT2D eigenvalue weighted by atomic mass is 32.2. The average molecular weight is 421 g/mol. The van der Waals surface area contributed by atoms with Crippen molar-refractivity contribution in [1.82, 2.24) is 15.2 Å². The number of benzene rings is 1. The Labute approximate surface area is 167 Å². The highest BCUT2D eigenvalue weighted by Gasteiger charge is 2.34. The van der Waals surface area contributed by atoms with Crippen molar-refractivity contribution in [2.45, 2.75) is 6.18 Å². The lowest BCUT2D eigenvalue weighted by atomic mass is 10.1. The number of nitrogens with zero attached hydrogens (tertiary/aromatic N) is 2. The standard InChI is InChI=1S/C19H14F3N3O3S/c20-19(21,22)14-5-3-13(4-6-14)16(26)24-8-9-25-17(27)15(29-18(25)28)10-12-2-1-7-23-11-12/h1-7,10-11H,8-9H2,(H,24,26)/b15-10-. The van der Waals surface area contributed by atoms with Crippen molar-refractivity contribution < 1.29 is 27.6 Å². The molecule has 6 nitrogen and oxygen atoms in total. The summed E-state index contributed by atoms with van der Waals surface area (Å²) in [5, 5.41) is 2.02. The molecule has 1 saturated heterocycles. The Kier molecular flexibility index (Phi) is 6.02. The molecule has 1 aliphatic heterocycles. The van der Waals surface area contributed by atoms with Crippen molar-refractivity contribution >= 4 is 34.9 Å². The minimum absolute atomic E-state index is 0.0297. The molecule has 10 heteroatoms. The number of nitrogens with one attached hydrogen (secondary N) is 1. The maximum Gasteiger partial charge on any atom is 0.416 e. The fourth-order valence-corrected chi connectivity index (χ4v) is 3.36. The van der Waals surface area contributed by atoms with Gasteiger partial charge >= 0.3 is 6.18 Å². The summed E-state index contributed by atoms with van der Waals surface area (Å²) in [6.45, 7) is -0.0838. The van der Waals surface area contributed by atoms with E-state index in [4.69, 9.17) is 0 Å². The van der Waals surface area contributed by atoms with Gasteiger partial charge in [0.1, 0.15) is 0 Å². The Hall–Kier alpha value is -3.14. The topological polar surface area (TPSA) is 79.4 Å². The molecule has 3 amide bonds. The molecule has 2 aromatic rings. The van der Waals surface area contributed by atoms with E-state index in [2.05, 4.69) is 10.3 Å². The summed E-state index contributed by atoms with van der Waals surface area (Å²) in [6.07, 6.45) is 0.212. The first-order valence-corrected chi connectivity index (χ1v) is 9.18. The van der Waals surface area contributed by atoms with Crippen LogP contribution in [-0.2, 0) is 11.0 Å². The minimum Gasteiger partial charge on any atom is -0.350 e. The first-order valence-electron chi connectivity index (χ1n) is 8.36. The van der Waals surface area contributed by atoms with E-state index >= 15 is 0 Å². The maximum atomic E-state index is 12.6. The van der Waals surface area contributed by atoms with Crippen LogP contribution in [0.5, 0.6) is 0 Å². The Bertz CT molecular complexity index is 960. The highest BCUT2D eigenvalue weighted by Crippen LogP contribution is 2.32. The van der Waals surface area contributed by atoms with Gasteiger partial charge in [0.05, 0.1) is 10.5 Å². The van der Waals surface area contributed by atoms with Crippen LogP contribution in [0.4, 0.5) is 18.0 Å². The quantitative estimate of drug-likeness (QED) is 0.747. The third-order valence-corrected chi connectivity index (χ3v) is 4.86. The number of amides is 3. The summed E-state index contributed by atoms with van der Waals surface area (Å²) in [5.74, 6) is -1.08. The second kappa shape index (κ2) is 8.48. The van der Waals surface area contributed by atoms with Gasteiger partial charge in [-0.05, 0) is 53.7 Å². The third kappa shape index (κ3) is 5.02. The van der Waals surface area contributed by atoms with E-state index in [1.807, 2.05) is 0 Å². The molecule has 0 radical (unpaired) electrons. The molecule has 0 unspecified atom stereocenters. The van der Waals surface area contributed by atoms with Crippen LogP contribution < -0.4 is 5.32 Å². The van der Waals surface area contributed by atoms with Gasteiger partial charge in [-0.15, -0.1) is 0 Å². The van der Waals surface area contributed by atoms with E-state index < -0.39 is 28.8 Å². The maximum absolute atomic E-state index is 12.6. The summed E-state index contributed by atoms with van der Waals surface area (Å²) in [7, 11) is 0. The molecule has 1 aliphatic rings. The first kappa shape index (κ1) is 20.6. The molecule has 0 aliphatic carbocycles. The van der Waals surface area contributed by atoms with Crippen molar-refractivity contribution in [3.8, 4) is 0 Å². The molecule has 3 rings (SSSR count). The summed E-state index contributed by atoms with van der Waals surface area (Å²) in [6, 6.07) is 7.20. The first-order chi connectivity index (χ1) is 13.8. The van der Waals surface area contributed by atoms with Gasteiger partial charge in [0, 0.05) is 31.0 Å². The van der Waals surface area contributed by atoms with Crippen LogP contribution in [0, 0.1) is 0 Å². The monoisotopic (exact) mass is 421 g/mol. The third-order valence-electron chi connectivity index (χ3n) is 3.95. The number of pyridine rings is 1.